The molecule has 1 aliphatic heterocycles. The minimum atomic E-state index is -0.529. The molecule has 10 heteroatoms. The number of benzene rings is 2. The quantitative estimate of drug-likeness (QED) is 0.310. The van der Waals surface area contributed by atoms with Gasteiger partial charge in [0.2, 0.25) is 5.95 Å². The van der Waals surface area contributed by atoms with Crippen LogP contribution in [0.2, 0.25) is 0 Å². The van der Waals surface area contributed by atoms with Crippen LogP contribution in [0, 0.1) is 0 Å². The highest BCUT2D eigenvalue weighted by molar-refractivity contribution is 5.90. The Morgan fingerprint density at radius 1 is 1.05 bits per heavy atom. The van der Waals surface area contributed by atoms with Crippen molar-refractivity contribution < 1.29 is 14.3 Å². The number of carbonyl (C=O) groups excluding carboxylic acids is 1. The van der Waals surface area contributed by atoms with Gasteiger partial charge in [-0.3, -0.25) is 4.90 Å². The molecule has 0 saturated carbocycles. The summed E-state index contributed by atoms with van der Waals surface area (Å²) in [4.78, 5) is 26.0. The smallest absolute Gasteiger partial charge is 0.407 e. The number of likely N-dealkylation sites (tertiary alicyclic amines) is 1. The van der Waals surface area contributed by atoms with E-state index in [2.05, 4.69) is 50.9 Å². The van der Waals surface area contributed by atoms with Gasteiger partial charge < -0.3 is 30.3 Å². The van der Waals surface area contributed by atoms with Gasteiger partial charge in [-0.05, 0) is 57.9 Å². The number of aromatic nitrogens is 2. The molecule has 3 N–H and O–H groups in total. The first kappa shape index (κ1) is 29.2. The summed E-state index contributed by atoms with van der Waals surface area (Å²) >= 11 is 0. The second-order valence-electron chi connectivity index (χ2n) is 11.3. The van der Waals surface area contributed by atoms with Gasteiger partial charge in [0.15, 0.2) is 0 Å². The van der Waals surface area contributed by atoms with E-state index >= 15 is 0 Å². The third-order valence-electron chi connectivity index (χ3n) is 6.80. The molecule has 0 atom stereocenters. The van der Waals surface area contributed by atoms with Crippen molar-refractivity contribution in [3.05, 3.63) is 48.0 Å². The summed E-state index contributed by atoms with van der Waals surface area (Å²) in [7, 11) is 5.88. The van der Waals surface area contributed by atoms with Crippen molar-refractivity contribution >= 4 is 34.4 Å². The van der Waals surface area contributed by atoms with E-state index in [4.69, 9.17) is 14.5 Å². The lowest BCUT2D eigenvalue weighted by Crippen LogP contribution is -2.39. The molecule has 2 aromatic carbocycles. The number of alkyl carbamates (subject to hydrolysis) is 1. The molecule has 216 valence electrons. The first-order chi connectivity index (χ1) is 19.1. The van der Waals surface area contributed by atoms with Crippen molar-refractivity contribution in [2.24, 2.45) is 0 Å². The second-order valence-corrected chi connectivity index (χ2v) is 11.3. The monoisotopic (exact) mass is 549 g/mol. The number of hydrogen-bond donors (Lipinski definition) is 3. The van der Waals surface area contributed by atoms with Crippen LogP contribution in [0.25, 0.3) is 10.9 Å². The maximum atomic E-state index is 11.9. The SMILES string of the molecule is COc1cccc(N(C)C)c1CN1CCC(Nc2nc(NCCNC(=O)OC(C)(C)C)nc3ccccc23)CC1. The van der Waals surface area contributed by atoms with Crippen molar-refractivity contribution in [2.45, 2.75) is 51.8 Å². The van der Waals surface area contributed by atoms with Crippen LogP contribution in [0.15, 0.2) is 42.5 Å². The maximum absolute atomic E-state index is 11.9. The molecule has 3 aromatic rings. The fraction of sp³-hybridized carbons (Fsp3) is 0.500. The molecule has 2 heterocycles. The fourth-order valence-electron chi connectivity index (χ4n) is 4.89. The largest absolute Gasteiger partial charge is 0.496 e. The average molecular weight is 550 g/mol. The molecular formula is C30H43N7O3. The van der Waals surface area contributed by atoms with E-state index in [1.54, 1.807) is 7.11 Å². The molecule has 1 amide bonds. The Labute approximate surface area is 237 Å². The molecule has 0 radical (unpaired) electrons. The van der Waals surface area contributed by atoms with Crippen molar-refractivity contribution in [1.29, 1.82) is 0 Å². The van der Waals surface area contributed by atoms with Crippen LogP contribution in [0.3, 0.4) is 0 Å². The molecule has 40 heavy (non-hydrogen) atoms. The zero-order valence-electron chi connectivity index (χ0n) is 24.6. The van der Waals surface area contributed by atoms with Gasteiger partial charge in [0.25, 0.3) is 0 Å². The third-order valence-corrected chi connectivity index (χ3v) is 6.80. The number of amides is 1. The molecule has 1 fully saturated rings. The van der Waals surface area contributed by atoms with E-state index in [0.29, 0.717) is 25.1 Å². The van der Waals surface area contributed by atoms with Gasteiger partial charge in [-0.15, -0.1) is 0 Å². The van der Waals surface area contributed by atoms with Crippen LogP contribution in [-0.4, -0.2) is 80.0 Å². The average Bonchev–Trinajstić information content (AvgIpc) is 2.91. The Morgan fingerprint density at radius 3 is 2.50 bits per heavy atom. The number of nitrogens with zero attached hydrogens (tertiary/aromatic N) is 4. The Bertz CT molecular complexity index is 1280. The first-order valence-corrected chi connectivity index (χ1v) is 13.9. The van der Waals surface area contributed by atoms with Gasteiger partial charge in [-0.2, -0.15) is 4.98 Å². The summed E-state index contributed by atoms with van der Waals surface area (Å²) in [5.74, 6) is 2.28. The molecule has 4 rings (SSSR count). The number of hydrogen-bond acceptors (Lipinski definition) is 9. The number of rotatable bonds is 10. The van der Waals surface area contributed by atoms with Crippen molar-refractivity contribution in [3.63, 3.8) is 0 Å². The molecule has 1 aliphatic rings. The highest BCUT2D eigenvalue weighted by Crippen LogP contribution is 2.31. The Hall–Kier alpha value is -3.79. The molecule has 1 aromatic heterocycles. The van der Waals surface area contributed by atoms with Crippen LogP contribution >= 0.6 is 0 Å². The van der Waals surface area contributed by atoms with Gasteiger partial charge >= 0.3 is 6.09 Å². The van der Waals surface area contributed by atoms with Crippen LogP contribution in [0.5, 0.6) is 5.75 Å². The number of fused-ring (bicyclic) bond motifs is 1. The van der Waals surface area contributed by atoms with Crippen molar-refractivity contribution in [3.8, 4) is 5.75 Å². The predicted molar refractivity (Wildman–Crippen MR) is 162 cm³/mol. The van der Waals surface area contributed by atoms with Crippen LogP contribution in [0.4, 0.5) is 22.2 Å². The number of carbonyl (C=O) groups is 1. The molecule has 0 bridgehead atoms. The summed E-state index contributed by atoms with van der Waals surface area (Å²) in [6.07, 6.45) is 1.58. The minimum absolute atomic E-state index is 0.308. The lowest BCUT2D eigenvalue weighted by atomic mass is 10.0. The highest BCUT2D eigenvalue weighted by Gasteiger charge is 2.23. The lowest BCUT2D eigenvalue weighted by Gasteiger charge is -2.34. The van der Waals surface area contributed by atoms with E-state index in [1.807, 2.05) is 57.2 Å². The van der Waals surface area contributed by atoms with Gasteiger partial charge in [0.1, 0.15) is 17.2 Å². The van der Waals surface area contributed by atoms with Gasteiger partial charge in [0.05, 0.1) is 12.6 Å². The van der Waals surface area contributed by atoms with Crippen molar-refractivity contribution in [2.75, 3.05) is 62.9 Å². The van der Waals surface area contributed by atoms with Gasteiger partial charge in [-0.1, -0.05) is 18.2 Å². The van der Waals surface area contributed by atoms with E-state index in [9.17, 15) is 4.79 Å². The number of nitrogens with one attached hydrogen (secondary N) is 3. The topological polar surface area (TPSA) is 104 Å². The summed E-state index contributed by atoms with van der Waals surface area (Å²) < 4.78 is 11.0. The Kier molecular flexibility index (Phi) is 9.52. The summed E-state index contributed by atoms with van der Waals surface area (Å²) in [5, 5.41) is 10.7. The number of piperidine rings is 1. The summed E-state index contributed by atoms with van der Waals surface area (Å²) in [6, 6.07) is 14.6. The fourth-order valence-corrected chi connectivity index (χ4v) is 4.89. The number of methoxy groups -OCH3 is 1. The highest BCUT2D eigenvalue weighted by atomic mass is 16.6. The molecule has 0 unspecified atom stereocenters. The van der Waals surface area contributed by atoms with E-state index in [0.717, 1.165) is 54.9 Å². The van der Waals surface area contributed by atoms with Crippen LogP contribution in [0.1, 0.15) is 39.2 Å². The molecule has 1 saturated heterocycles. The van der Waals surface area contributed by atoms with E-state index in [1.165, 1.54) is 11.3 Å². The van der Waals surface area contributed by atoms with Gasteiger partial charge in [0, 0.05) is 69.5 Å². The second kappa shape index (κ2) is 13.0. The van der Waals surface area contributed by atoms with Crippen LogP contribution in [-0.2, 0) is 11.3 Å². The standard InChI is InChI=1S/C30H43N7O3/c1-30(2,3)40-29(38)32-17-16-31-28-34-24-11-8-7-10-22(24)27(35-28)33-21-14-18-37(19-15-21)20-23-25(36(4)5)12-9-13-26(23)39-6/h7-13,21H,14-20H2,1-6H3,(H,32,38)(H2,31,33,34,35). The Balaban J connectivity index is 1.36. The van der Waals surface area contributed by atoms with Gasteiger partial charge in [-0.25, -0.2) is 9.78 Å². The van der Waals surface area contributed by atoms with E-state index in [-0.39, 0.29) is 0 Å². The van der Waals surface area contributed by atoms with Crippen molar-refractivity contribution in [1.82, 2.24) is 20.2 Å². The first-order valence-electron chi connectivity index (χ1n) is 13.9. The van der Waals surface area contributed by atoms with E-state index < -0.39 is 11.7 Å². The molecule has 0 spiro atoms. The molecule has 10 nitrogen and oxygen atoms in total. The Morgan fingerprint density at radius 2 is 1.80 bits per heavy atom. The minimum Gasteiger partial charge on any atom is -0.496 e. The maximum Gasteiger partial charge on any atom is 0.407 e. The van der Waals surface area contributed by atoms with Crippen LogP contribution < -0.4 is 25.6 Å². The number of ether oxygens (including phenoxy) is 2. The molecular weight excluding hydrogens is 506 g/mol. The summed E-state index contributed by atoms with van der Waals surface area (Å²) in [5.41, 5.74) is 2.75. The molecule has 0 aliphatic carbocycles. The number of para-hydroxylation sites is 1. The normalized spacial score (nSPS) is 14.6. The number of anilines is 3. The third kappa shape index (κ3) is 7.88. The summed E-state index contributed by atoms with van der Waals surface area (Å²) in [6.45, 7) is 9.21. The predicted octanol–water partition coefficient (Wildman–Crippen LogP) is 4.72. The zero-order chi connectivity index (χ0) is 28.7. The lowest BCUT2D eigenvalue weighted by molar-refractivity contribution is 0.0530. The zero-order valence-corrected chi connectivity index (χ0v) is 24.6.